The topological polar surface area (TPSA) is 29.5 Å². The zero-order chi connectivity index (χ0) is 13.2. The van der Waals surface area contributed by atoms with E-state index in [9.17, 15) is 5.11 Å². The highest BCUT2D eigenvalue weighted by molar-refractivity contribution is 5.70. The summed E-state index contributed by atoms with van der Waals surface area (Å²) in [5.41, 5.74) is 4.82. The Kier molecular flexibility index (Phi) is 3.26. The molecule has 0 aliphatic heterocycles. The van der Waals surface area contributed by atoms with Crippen molar-refractivity contribution < 1.29 is 9.84 Å². The second-order valence-corrected chi connectivity index (χ2v) is 5.01. The first kappa shape index (κ1) is 12.2. The highest BCUT2D eigenvalue weighted by Gasteiger charge is 2.20. The van der Waals surface area contributed by atoms with Gasteiger partial charge in [0.05, 0.1) is 13.2 Å². The number of hydrogen-bond acceptors (Lipinski definition) is 2. The van der Waals surface area contributed by atoms with E-state index in [2.05, 4.69) is 18.2 Å². The predicted octanol–water partition coefficient (Wildman–Crippen LogP) is 3.73. The highest BCUT2D eigenvalue weighted by Crippen LogP contribution is 2.36. The number of methoxy groups -OCH3 is 1. The van der Waals surface area contributed by atoms with Gasteiger partial charge in [0.25, 0.3) is 0 Å². The molecule has 98 valence electrons. The van der Waals surface area contributed by atoms with Gasteiger partial charge in [0.1, 0.15) is 5.75 Å². The lowest BCUT2D eigenvalue weighted by Gasteiger charge is -2.24. The van der Waals surface area contributed by atoms with E-state index >= 15 is 0 Å². The molecule has 0 fully saturated rings. The normalized spacial score (nSPS) is 17.9. The summed E-state index contributed by atoms with van der Waals surface area (Å²) < 4.78 is 5.19. The van der Waals surface area contributed by atoms with Crippen LogP contribution in [0.5, 0.6) is 5.75 Å². The summed E-state index contributed by atoms with van der Waals surface area (Å²) in [6, 6.07) is 14.3. The lowest BCUT2D eigenvalue weighted by atomic mass is 9.84. The molecule has 0 radical (unpaired) electrons. The second kappa shape index (κ2) is 5.06. The smallest absolute Gasteiger partial charge is 0.118 e. The van der Waals surface area contributed by atoms with Gasteiger partial charge in [0, 0.05) is 0 Å². The molecular formula is C17H18O2. The van der Waals surface area contributed by atoms with Crippen LogP contribution < -0.4 is 4.74 Å². The average molecular weight is 254 g/mol. The van der Waals surface area contributed by atoms with Crippen molar-refractivity contribution in [2.24, 2.45) is 0 Å². The molecule has 0 saturated heterocycles. The third-order valence-electron chi connectivity index (χ3n) is 3.88. The molecule has 2 nitrogen and oxygen atoms in total. The summed E-state index contributed by atoms with van der Waals surface area (Å²) in [6.07, 6.45) is 2.68. The number of benzene rings is 2. The van der Waals surface area contributed by atoms with Gasteiger partial charge in [-0.15, -0.1) is 0 Å². The number of aliphatic hydroxyl groups is 1. The molecule has 2 aromatic carbocycles. The molecule has 0 heterocycles. The fourth-order valence-corrected chi connectivity index (χ4v) is 2.86. The third kappa shape index (κ3) is 2.24. The first-order valence-electron chi connectivity index (χ1n) is 6.74. The maximum atomic E-state index is 10.1. The summed E-state index contributed by atoms with van der Waals surface area (Å²) in [5, 5.41) is 10.1. The van der Waals surface area contributed by atoms with Crippen molar-refractivity contribution in [2.75, 3.05) is 7.11 Å². The summed E-state index contributed by atoms with van der Waals surface area (Å²) in [7, 11) is 1.68. The van der Waals surface area contributed by atoms with E-state index in [1.54, 1.807) is 7.11 Å². The summed E-state index contributed by atoms with van der Waals surface area (Å²) in [5.74, 6) is 0.869. The van der Waals surface area contributed by atoms with E-state index < -0.39 is 0 Å². The Bertz CT molecular complexity index is 572. The average Bonchev–Trinajstić information content (AvgIpc) is 2.47. The van der Waals surface area contributed by atoms with Crippen molar-refractivity contribution in [1.29, 1.82) is 0 Å². The molecule has 0 amide bonds. The molecule has 1 aliphatic carbocycles. The van der Waals surface area contributed by atoms with Gasteiger partial charge in [-0.25, -0.2) is 0 Å². The van der Waals surface area contributed by atoms with E-state index in [0.29, 0.717) is 0 Å². The minimum absolute atomic E-state index is 0.304. The fourth-order valence-electron chi connectivity index (χ4n) is 2.86. The van der Waals surface area contributed by atoms with Crippen molar-refractivity contribution in [1.82, 2.24) is 0 Å². The van der Waals surface area contributed by atoms with Crippen LogP contribution in [0.1, 0.15) is 30.1 Å². The Balaban J connectivity index is 2.07. The molecule has 0 saturated carbocycles. The molecule has 0 bridgehead atoms. The van der Waals surface area contributed by atoms with Gasteiger partial charge in [-0.3, -0.25) is 0 Å². The lowest BCUT2D eigenvalue weighted by Crippen LogP contribution is -2.10. The van der Waals surface area contributed by atoms with Gasteiger partial charge >= 0.3 is 0 Å². The van der Waals surface area contributed by atoms with Gasteiger partial charge in [0.2, 0.25) is 0 Å². The van der Waals surface area contributed by atoms with Crippen molar-refractivity contribution in [3.63, 3.8) is 0 Å². The lowest BCUT2D eigenvalue weighted by molar-refractivity contribution is 0.156. The van der Waals surface area contributed by atoms with Gasteiger partial charge in [-0.1, -0.05) is 30.3 Å². The molecule has 1 N–H and O–H groups in total. The van der Waals surface area contributed by atoms with E-state index in [0.717, 1.165) is 30.6 Å². The van der Waals surface area contributed by atoms with Crippen LogP contribution in [0, 0.1) is 0 Å². The first-order chi connectivity index (χ1) is 9.29. The largest absolute Gasteiger partial charge is 0.497 e. The molecule has 2 heteroatoms. The quantitative estimate of drug-likeness (QED) is 0.884. The molecule has 0 aromatic heterocycles. The Hall–Kier alpha value is -1.80. The van der Waals surface area contributed by atoms with Crippen molar-refractivity contribution in [3.05, 3.63) is 53.6 Å². The zero-order valence-electron chi connectivity index (χ0n) is 11.1. The zero-order valence-corrected chi connectivity index (χ0v) is 11.1. The Morgan fingerprint density at radius 2 is 1.89 bits per heavy atom. The molecule has 19 heavy (non-hydrogen) atoms. The minimum atomic E-state index is -0.304. The van der Waals surface area contributed by atoms with Gasteiger partial charge in [-0.05, 0) is 53.6 Å². The molecule has 1 aliphatic rings. The number of rotatable bonds is 2. The molecule has 3 rings (SSSR count). The number of ether oxygens (including phenoxy) is 1. The fraction of sp³-hybridized carbons (Fsp3) is 0.294. The SMILES string of the molecule is COc1ccc(-c2cccc3c2CCCC3O)cc1. The molecule has 1 atom stereocenters. The number of hydrogen-bond donors (Lipinski definition) is 1. The minimum Gasteiger partial charge on any atom is -0.497 e. The van der Waals surface area contributed by atoms with Crippen molar-refractivity contribution in [2.45, 2.75) is 25.4 Å². The van der Waals surface area contributed by atoms with Crippen molar-refractivity contribution >= 4 is 0 Å². The monoisotopic (exact) mass is 254 g/mol. The maximum absolute atomic E-state index is 10.1. The van der Waals surface area contributed by atoms with E-state index in [1.165, 1.54) is 16.7 Å². The van der Waals surface area contributed by atoms with Crippen molar-refractivity contribution in [3.8, 4) is 16.9 Å². The summed E-state index contributed by atoms with van der Waals surface area (Å²) >= 11 is 0. The maximum Gasteiger partial charge on any atom is 0.118 e. The Morgan fingerprint density at radius 1 is 1.11 bits per heavy atom. The van der Waals surface area contributed by atoms with Crippen LogP contribution in [0.2, 0.25) is 0 Å². The number of aliphatic hydroxyl groups excluding tert-OH is 1. The molecule has 1 unspecified atom stereocenters. The first-order valence-corrected chi connectivity index (χ1v) is 6.74. The summed E-state index contributed by atoms with van der Waals surface area (Å²) in [4.78, 5) is 0. The van der Waals surface area contributed by atoms with Crippen LogP contribution in [-0.4, -0.2) is 12.2 Å². The van der Waals surface area contributed by atoms with Crippen LogP contribution in [0.3, 0.4) is 0 Å². The van der Waals surface area contributed by atoms with Gasteiger partial charge < -0.3 is 9.84 Å². The van der Waals surface area contributed by atoms with Crippen LogP contribution in [-0.2, 0) is 6.42 Å². The molecular weight excluding hydrogens is 236 g/mol. The Morgan fingerprint density at radius 3 is 2.63 bits per heavy atom. The highest BCUT2D eigenvalue weighted by atomic mass is 16.5. The standard InChI is InChI=1S/C17H18O2/c1-19-13-10-8-12(9-11-13)14-4-2-6-16-15(14)5-3-7-17(16)18/h2,4,6,8-11,17-18H,3,5,7H2,1H3. The second-order valence-electron chi connectivity index (χ2n) is 5.01. The van der Waals surface area contributed by atoms with Gasteiger partial charge in [-0.2, -0.15) is 0 Å². The molecule has 2 aromatic rings. The van der Waals surface area contributed by atoms with Crippen LogP contribution >= 0.6 is 0 Å². The number of fused-ring (bicyclic) bond motifs is 1. The van der Waals surface area contributed by atoms with Crippen LogP contribution in [0.4, 0.5) is 0 Å². The van der Waals surface area contributed by atoms with Crippen LogP contribution in [0.15, 0.2) is 42.5 Å². The molecule has 0 spiro atoms. The van der Waals surface area contributed by atoms with Crippen LogP contribution in [0.25, 0.3) is 11.1 Å². The Labute approximate surface area is 113 Å². The predicted molar refractivity (Wildman–Crippen MR) is 76.3 cm³/mol. The van der Waals surface area contributed by atoms with E-state index in [-0.39, 0.29) is 6.10 Å². The van der Waals surface area contributed by atoms with E-state index in [4.69, 9.17) is 4.74 Å². The van der Waals surface area contributed by atoms with E-state index in [1.807, 2.05) is 24.3 Å². The summed E-state index contributed by atoms with van der Waals surface area (Å²) in [6.45, 7) is 0. The third-order valence-corrected chi connectivity index (χ3v) is 3.88. The van der Waals surface area contributed by atoms with Gasteiger partial charge in [0.15, 0.2) is 0 Å².